The fourth-order valence-corrected chi connectivity index (χ4v) is 4.30. The van der Waals surface area contributed by atoms with Crippen LogP contribution < -0.4 is 9.47 Å². The van der Waals surface area contributed by atoms with Crippen molar-refractivity contribution in [3.63, 3.8) is 0 Å². The van der Waals surface area contributed by atoms with Gasteiger partial charge in [-0.25, -0.2) is 0 Å². The van der Waals surface area contributed by atoms with E-state index in [0.717, 1.165) is 27.8 Å². The predicted octanol–water partition coefficient (Wildman–Crippen LogP) is 4.53. The summed E-state index contributed by atoms with van der Waals surface area (Å²) in [4.78, 5) is 35.8. The topological polar surface area (TPSA) is 97.4 Å². The van der Waals surface area contributed by atoms with E-state index in [2.05, 4.69) is 6.08 Å². The molecule has 0 saturated carbocycles. The van der Waals surface area contributed by atoms with E-state index < -0.39 is 0 Å². The van der Waals surface area contributed by atoms with E-state index >= 15 is 0 Å². The standard InChI is InChI=1S/C29H36O8/c1-18-12-20(14-22(28(18)36-6)16-26(31)34-4)24(10-8-9-11-25(30)33-3)21-13-19(2)29(37-7)23(15-21)17-27(32)35-5/h10,12-15H,8-9,11,16-17H2,1-7H3. The molecule has 37 heavy (non-hydrogen) atoms. The predicted molar refractivity (Wildman–Crippen MR) is 140 cm³/mol. The molecule has 0 bridgehead atoms. The summed E-state index contributed by atoms with van der Waals surface area (Å²) in [6.07, 6.45) is 3.67. The number of allylic oxidation sites excluding steroid dienone is 1. The van der Waals surface area contributed by atoms with Gasteiger partial charge in [0.25, 0.3) is 0 Å². The van der Waals surface area contributed by atoms with Gasteiger partial charge in [-0.05, 0) is 78.8 Å². The minimum Gasteiger partial charge on any atom is -0.496 e. The largest absolute Gasteiger partial charge is 0.496 e. The Hall–Kier alpha value is -3.81. The van der Waals surface area contributed by atoms with Crippen molar-refractivity contribution in [1.82, 2.24) is 0 Å². The molecule has 0 aromatic heterocycles. The van der Waals surface area contributed by atoms with Crippen LogP contribution in [0.3, 0.4) is 0 Å². The number of aryl methyl sites for hydroxylation is 2. The van der Waals surface area contributed by atoms with E-state index in [1.807, 2.05) is 38.1 Å². The molecule has 0 aliphatic carbocycles. The van der Waals surface area contributed by atoms with Crippen molar-refractivity contribution < 1.29 is 38.1 Å². The number of esters is 3. The molecule has 2 rings (SSSR count). The second kappa shape index (κ2) is 14.1. The van der Waals surface area contributed by atoms with Crippen LogP contribution in [0.5, 0.6) is 11.5 Å². The van der Waals surface area contributed by atoms with Crippen LogP contribution in [-0.4, -0.2) is 53.5 Å². The quantitative estimate of drug-likeness (QED) is 0.233. The van der Waals surface area contributed by atoms with Crippen LogP contribution >= 0.6 is 0 Å². The molecule has 0 unspecified atom stereocenters. The Kier molecular flexibility index (Phi) is 11.2. The van der Waals surface area contributed by atoms with E-state index in [0.29, 0.717) is 41.9 Å². The van der Waals surface area contributed by atoms with Crippen molar-refractivity contribution in [2.24, 2.45) is 0 Å². The van der Waals surface area contributed by atoms with Crippen LogP contribution in [0.2, 0.25) is 0 Å². The maximum absolute atomic E-state index is 12.1. The Morgan fingerprint density at radius 3 is 1.49 bits per heavy atom. The molecule has 0 amide bonds. The fourth-order valence-electron chi connectivity index (χ4n) is 4.30. The first-order valence-corrected chi connectivity index (χ1v) is 11.9. The number of carbonyl (C=O) groups excluding carboxylic acids is 3. The van der Waals surface area contributed by atoms with E-state index in [1.165, 1.54) is 21.3 Å². The zero-order chi connectivity index (χ0) is 27.5. The molecule has 0 aliphatic rings. The summed E-state index contributed by atoms with van der Waals surface area (Å²) >= 11 is 0. The second-order valence-electron chi connectivity index (χ2n) is 8.56. The van der Waals surface area contributed by atoms with Gasteiger partial charge in [0, 0.05) is 17.5 Å². The maximum Gasteiger partial charge on any atom is 0.310 e. The molecule has 0 aliphatic heterocycles. The third kappa shape index (κ3) is 7.84. The molecular formula is C29H36O8. The third-order valence-electron chi connectivity index (χ3n) is 6.02. The third-order valence-corrected chi connectivity index (χ3v) is 6.02. The van der Waals surface area contributed by atoms with Gasteiger partial charge in [-0.3, -0.25) is 14.4 Å². The minimum atomic E-state index is -0.376. The summed E-state index contributed by atoms with van der Waals surface area (Å²) in [5, 5.41) is 0. The van der Waals surface area contributed by atoms with Crippen LogP contribution in [0, 0.1) is 13.8 Å². The average molecular weight is 513 g/mol. The molecule has 2 aromatic carbocycles. The highest BCUT2D eigenvalue weighted by atomic mass is 16.5. The van der Waals surface area contributed by atoms with Crippen LogP contribution in [-0.2, 0) is 41.4 Å². The number of hydrogen-bond donors (Lipinski definition) is 0. The van der Waals surface area contributed by atoms with Gasteiger partial charge in [-0.2, -0.15) is 0 Å². The summed E-state index contributed by atoms with van der Waals surface area (Å²) in [5.41, 5.74) is 5.74. The van der Waals surface area contributed by atoms with Gasteiger partial charge in [0.15, 0.2) is 0 Å². The molecule has 0 atom stereocenters. The molecule has 8 nitrogen and oxygen atoms in total. The fraction of sp³-hybridized carbons (Fsp3) is 0.414. The average Bonchev–Trinajstić information content (AvgIpc) is 2.87. The van der Waals surface area contributed by atoms with Gasteiger partial charge >= 0.3 is 17.9 Å². The molecule has 0 radical (unpaired) electrons. The number of methoxy groups -OCH3 is 5. The smallest absolute Gasteiger partial charge is 0.310 e. The summed E-state index contributed by atoms with van der Waals surface area (Å²) in [7, 11) is 7.20. The lowest BCUT2D eigenvalue weighted by Gasteiger charge is -2.18. The first-order valence-electron chi connectivity index (χ1n) is 11.9. The normalized spacial score (nSPS) is 10.4. The Bertz CT molecular complexity index is 1090. The molecule has 0 heterocycles. The van der Waals surface area contributed by atoms with E-state index in [-0.39, 0.29) is 30.7 Å². The summed E-state index contributed by atoms with van der Waals surface area (Å²) in [5.74, 6) is 0.224. The summed E-state index contributed by atoms with van der Waals surface area (Å²) in [6, 6.07) is 7.81. The summed E-state index contributed by atoms with van der Waals surface area (Å²) in [6.45, 7) is 3.83. The van der Waals surface area contributed by atoms with Crippen molar-refractivity contribution in [1.29, 1.82) is 0 Å². The van der Waals surface area contributed by atoms with Crippen molar-refractivity contribution >= 4 is 23.5 Å². The van der Waals surface area contributed by atoms with Crippen molar-refractivity contribution in [2.45, 2.75) is 46.0 Å². The van der Waals surface area contributed by atoms with Crippen LogP contribution in [0.1, 0.15) is 52.6 Å². The number of hydrogen-bond acceptors (Lipinski definition) is 8. The molecule has 0 spiro atoms. The lowest BCUT2D eigenvalue weighted by Crippen LogP contribution is -2.08. The Labute approximate surface area is 218 Å². The van der Waals surface area contributed by atoms with Crippen molar-refractivity contribution in [3.8, 4) is 11.5 Å². The molecule has 0 fully saturated rings. The molecule has 0 N–H and O–H groups in total. The van der Waals surface area contributed by atoms with Gasteiger partial charge in [-0.15, -0.1) is 0 Å². The highest BCUT2D eigenvalue weighted by Crippen LogP contribution is 2.35. The number of rotatable bonds is 12. The van der Waals surface area contributed by atoms with Gasteiger partial charge in [0.1, 0.15) is 11.5 Å². The highest BCUT2D eigenvalue weighted by molar-refractivity contribution is 5.84. The zero-order valence-corrected chi connectivity index (χ0v) is 22.7. The Morgan fingerprint density at radius 2 is 1.11 bits per heavy atom. The number of ether oxygens (including phenoxy) is 5. The van der Waals surface area contributed by atoms with E-state index in [9.17, 15) is 14.4 Å². The van der Waals surface area contributed by atoms with Gasteiger partial charge < -0.3 is 23.7 Å². The molecule has 8 heteroatoms. The van der Waals surface area contributed by atoms with Crippen LogP contribution in [0.25, 0.3) is 5.57 Å². The van der Waals surface area contributed by atoms with Crippen molar-refractivity contribution in [2.75, 3.05) is 35.5 Å². The van der Waals surface area contributed by atoms with E-state index in [1.54, 1.807) is 14.2 Å². The molecule has 2 aromatic rings. The second-order valence-corrected chi connectivity index (χ2v) is 8.56. The first kappa shape index (κ1) is 29.4. The van der Waals surface area contributed by atoms with Gasteiger partial charge in [-0.1, -0.05) is 6.08 Å². The van der Waals surface area contributed by atoms with Crippen molar-refractivity contribution in [3.05, 3.63) is 63.7 Å². The maximum atomic E-state index is 12.1. The Balaban J connectivity index is 2.69. The van der Waals surface area contributed by atoms with Gasteiger partial charge in [0.2, 0.25) is 0 Å². The lowest BCUT2D eigenvalue weighted by molar-refractivity contribution is -0.141. The number of carbonyl (C=O) groups is 3. The van der Waals surface area contributed by atoms with Gasteiger partial charge in [0.05, 0.1) is 48.4 Å². The lowest BCUT2D eigenvalue weighted by atomic mass is 9.90. The minimum absolute atomic E-state index is 0.0548. The van der Waals surface area contributed by atoms with Crippen LogP contribution in [0.4, 0.5) is 0 Å². The van der Waals surface area contributed by atoms with E-state index in [4.69, 9.17) is 23.7 Å². The summed E-state index contributed by atoms with van der Waals surface area (Å²) < 4.78 is 25.7. The molecular weight excluding hydrogens is 476 g/mol. The zero-order valence-electron chi connectivity index (χ0n) is 22.7. The molecule has 0 saturated heterocycles. The van der Waals surface area contributed by atoms with Crippen LogP contribution in [0.15, 0.2) is 30.3 Å². The number of benzene rings is 2. The number of unbranched alkanes of at least 4 members (excludes halogenated alkanes) is 1. The highest BCUT2D eigenvalue weighted by Gasteiger charge is 2.19. The SMILES string of the molecule is COC(=O)CCCC=C(c1cc(C)c(OC)c(CC(=O)OC)c1)c1cc(C)c(OC)c(CC(=O)OC)c1. The molecule has 200 valence electrons. The Morgan fingerprint density at radius 1 is 0.676 bits per heavy atom. The monoisotopic (exact) mass is 512 g/mol. The first-order chi connectivity index (χ1) is 17.7.